The predicted octanol–water partition coefficient (Wildman–Crippen LogP) is 4.58. The maximum absolute atomic E-state index is 12.2. The maximum Gasteiger partial charge on any atom is 0.261 e. The number of hydrogen-bond donors (Lipinski definition) is 2. The van der Waals surface area contributed by atoms with Crippen molar-refractivity contribution in [1.29, 1.82) is 0 Å². The lowest BCUT2D eigenvalue weighted by molar-refractivity contribution is 0.0953. The van der Waals surface area contributed by atoms with Crippen molar-refractivity contribution in [3.8, 4) is 0 Å². The van der Waals surface area contributed by atoms with E-state index in [1.807, 2.05) is 23.6 Å². The highest BCUT2D eigenvalue weighted by atomic mass is 35.5. The fourth-order valence-electron chi connectivity index (χ4n) is 2.19. The van der Waals surface area contributed by atoms with E-state index in [9.17, 15) is 9.59 Å². The first-order chi connectivity index (χ1) is 12.1. The third-order valence-corrected chi connectivity index (χ3v) is 4.64. The first kappa shape index (κ1) is 17.2. The Balaban J connectivity index is 1.57. The number of rotatable bonds is 5. The monoisotopic (exact) mass is 370 g/mol. The lowest BCUT2D eigenvalue weighted by Gasteiger charge is -2.07. The largest absolute Gasteiger partial charge is 0.347 e. The molecule has 0 aliphatic carbocycles. The molecular weight excluding hydrogens is 356 g/mol. The van der Waals surface area contributed by atoms with Crippen molar-refractivity contribution in [2.75, 3.05) is 5.32 Å². The van der Waals surface area contributed by atoms with Crippen LogP contribution in [0.15, 0.2) is 66.0 Å². The minimum Gasteiger partial charge on any atom is -0.347 e. The van der Waals surface area contributed by atoms with E-state index in [1.165, 1.54) is 11.3 Å². The smallest absolute Gasteiger partial charge is 0.261 e. The minimum atomic E-state index is -0.198. The van der Waals surface area contributed by atoms with Crippen molar-refractivity contribution in [1.82, 2.24) is 5.32 Å². The van der Waals surface area contributed by atoms with Crippen molar-refractivity contribution < 1.29 is 9.59 Å². The van der Waals surface area contributed by atoms with Gasteiger partial charge in [0.15, 0.2) is 0 Å². The molecule has 0 saturated carbocycles. The summed E-state index contributed by atoms with van der Waals surface area (Å²) in [6.45, 7) is 0.413. The molecule has 0 atom stereocenters. The van der Waals surface area contributed by atoms with Crippen molar-refractivity contribution in [2.24, 2.45) is 0 Å². The number of thiophene rings is 1. The fraction of sp³-hybridized carbons (Fsp3) is 0.0526. The van der Waals surface area contributed by atoms with Crippen LogP contribution in [0.25, 0.3) is 0 Å². The Hall–Kier alpha value is -2.63. The van der Waals surface area contributed by atoms with Crippen LogP contribution in [0.2, 0.25) is 5.02 Å². The number of hydrogen-bond acceptors (Lipinski definition) is 3. The summed E-state index contributed by atoms with van der Waals surface area (Å²) in [5.41, 5.74) is 2.15. The van der Waals surface area contributed by atoms with Crippen LogP contribution >= 0.6 is 22.9 Å². The number of halogens is 1. The van der Waals surface area contributed by atoms with Gasteiger partial charge < -0.3 is 10.6 Å². The third-order valence-electron chi connectivity index (χ3n) is 3.52. The quantitative estimate of drug-likeness (QED) is 0.690. The molecule has 3 aromatic rings. The number of nitrogens with one attached hydrogen (secondary N) is 2. The number of amides is 2. The summed E-state index contributed by atoms with van der Waals surface area (Å²) >= 11 is 7.23. The molecule has 4 nitrogen and oxygen atoms in total. The molecule has 6 heteroatoms. The molecule has 25 heavy (non-hydrogen) atoms. The second kappa shape index (κ2) is 7.96. The van der Waals surface area contributed by atoms with Gasteiger partial charge in [-0.1, -0.05) is 29.8 Å². The number of anilines is 1. The number of carbonyl (C=O) groups is 2. The van der Waals surface area contributed by atoms with Crippen molar-refractivity contribution in [3.63, 3.8) is 0 Å². The van der Waals surface area contributed by atoms with Gasteiger partial charge in [0.2, 0.25) is 0 Å². The van der Waals surface area contributed by atoms with Crippen LogP contribution in [0.5, 0.6) is 0 Å². The van der Waals surface area contributed by atoms with Gasteiger partial charge in [-0.3, -0.25) is 9.59 Å². The summed E-state index contributed by atoms with van der Waals surface area (Å²) in [5.74, 6) is -0.295. The zero-order valence-electron chi connectivity index (χ0n) is 13.2. The molecular formula is C19H15ClN2O2S. The van der Waals surface area contributed by atoms with Gasteiger partial charge in [0.1, 0.15) is 0 Å². The van der Waals surface area contributed by atoms with Crippen LogP contribution in [0.1, 0.15) is 25.6 Å². The van der Waals surface area contributed by atoms with E-state index in [2.05, 4.69) is 10.6 Å². The molecule has 0 spiro atoms. The average Bonchev–Trinajstić information content (AvgIpc) is 3.17. The van der Waals surface area contributed by atoms with Crippen LogP contribution in [-0.2, 0) is 6.54 Å². The van der Waals surface area contributed by atoms with Gasteiger partial charge in [-0.05, 0) is 53.4 Å². The summed E-state index contributed by atoms with van der Waals surface area (Å²) in [5, 5.41) is 8.14. The summed E-state index contributed by atoms with van der Waals surface area (Å²) in [6.07, 6.45) is 0. The first-order valence-electron chi connectivity index (χ1n) is 7.59. The first-order valence-corrected chi connectivity index (χ1v) is 8.85. The van der Waals surface area contributed by atoms with Crippen molar-refractivity contribution in [3.05, 3.63) is 87.1 Å². The molecule has 2 N–H and O–H groups in total. The van der Waals surface area contributed by atoms with E-state index < -0.39 is 0 Å². The van der Waals surface area contributed by atoms with Crippen LogP contribution in [0.4, 0.5) is 5.69 Å². The van der Waals surface area contributed by atoms with E-state index in [-0.39, 0.29) is 11.8 Å². The molecule has 1 heterocycles. The SMILES string of the molecule is O=C(Nc1ccc(Cl)cc1)c1ccc(CNC(=O)c2cccs2)cc1. The van der Waals surface area contributed by atoms with E-state index in [4.69, 9.17) is 11.6 Å². The summed E-state index contributed by atoms with van der Waals surface area (Å²) in [6, 6.07) is 17.7. The van der Waals surface area contributed by atoms with Crippen LogP contribution < -0.4 is 10.6 Å². The van der Waals surface area contributed by atoms with Gasteiger partial charge in [-0.15, -0.1) is 11.3 Å². The molecule has 0 aliphatic heterocycles. The molecule has 0 unspecified atom stereocenters. The Morgan fingerprint density at radius 1 is 0.920 bits per heavy atom. The summed E-state index contributed by atoms with van der Waals surface area (Å²) < 4.78 is 0. The van der Waals surface area contributed by atoms with E-state index in [0.29, 0.717) is 27.7 Å². The Kier molecular flexibility index (Phi) is 5.48. The van der Waals surface area contributed by atoms with E-state index in [1.54, 1.807) is 42.5 Å². The number of carbonyl (C=O) groups excluding carboxylic acids is 2. The molecule has 1 aromatic heterocycles. The minimum absolute atomic E-state index is 0.0976. The highest BCUT2D eigenvalue weighted by molar-refractivity contribution is 7.12. The summed E-state index contributed by atoms with van der Waals surface area (Å²) in [7, 11) is 0. The highest BCUT2D eigenvalue weighted by Gasteiger charge is 2.08. The molecule has 3 rings (SSSR count). The third kappa shape index (κ3) is 4.68. The van der Waals surface area contributed by atoms with Gasteiger partial charge in [0, 0.05) is 22.8 Å². The van der Waals surface area contributed by atoms with Gasteiger partial charge in [-0.2, -0.15) is 0 Å². The average molecular weight is 371 g/mol. The Bertz CT molecular complexity index is 859. The lowest BCUT2D eigenvalue weighted by atomic mass is 10.1. The van der Waals surface area contributed by atoms with Crippen LogP contribution in [0, 0.1) is 0 Å². The second-order valence-electron chi connectivity index (χ2n) is 5.32. The zero-order valence-corrected chi connectivity index (χ0v) is 14.7. The molecule has 126 valence electrons. The van der Waals surface area contributed by atoms with Gasteiger partial charge in [-0.25, -0.2) is 0 Å². The fourth-order valence-corrected chi connectivity index (χ4v) is 2.95. The normalized spacial score (nSPS) is 10.3. The molecule has 0 saturated heterocycles. The van der Waals surface area contributed by atoms with Crippen LogP contribution in [0.3, 0.4) is 0 Å². The van der Waals surface area contributed by atoms with E-state index >= 15 is 0 Å². The van der Waals surface area contributed by atoms with Crippen molar-refractivity contribution in [2.45, 2.75) is 6.54 Å². The van der Waals surface area contributed by atoms with Crippen molar-refractivity contribution >= 4 is 40.4 Å². The second-order valence-corrected chi connectivity index (χ2v) is 6.70. The standard InChI is InChI=1S/C19H15ClN2O2S/c20-15-7-9-16(10-8-15)22-18(23)14-5-3-13(4-6-14)12-21-19(24)17-2-1-11-25-17/h1-11H,12H2,(H,21,24)(H,22,23). The molecule has 0 fully saturated rings. The predicted molar refractivity (Wildman–Crippen MR) is 101 cm³/mol. The molecule has 0 radical (unpaired) electrons. The summed E-state index contributed by atoms with van der Waals surface area (Å²) in [4.78, 5) is 24.8. The zero-order chi connectivity index (χ0) is 17.6. The molecule has 0 bridgehead atoms. The van der Waals surface area contributed by atoms with Gasteiger partial charge >= 0.3 is 0 Å². The molecule has 2 aromatic carbocycles. The molecule has 2 amide bonds. The van der Waals surface area contributed by atoms with Gasteiger partial charge in [0.05, 0.1) is 4.88 Å². The Morgan fingerprint density at radius 3 is 2.28 bits per heavy atom. The van der Waals surface area contributed by atoms with Gasteiger partial charge in [0.25, 0.3) is 11.8 Å². The van der Waals surface area contributed by atoms with E-state index in [0.717, 1.165) is 5.56 Å². The number of benzene rings is 2. The maximum atomic E-state index is 12.2. The Labute approximate surface area is 154 Å². The Morgan fingerprint density at radius 2 is 1.64 bits per heavy atom. The topological polar surface area (TPSA) is 58.2 Å². The lowest BCUT2D eigenvalue weighted by Crippen LogP contribution is -2.21. The van der Waals surface area contributed by atoms with Crippen LogP contribution in [-0.4, -0.2) is 11.8 Å². The molecule has 0 aliphatic rings. The highest BCUT2D eigenvalue weighted by Crippen LogP contribution is 2.15.